The Morgan fingerprint density at radius 1 is 1.00 bits per heavy atom. The highest BCUT2D eigenvalue weighted by atomic mass is 35.5. The number of methoxy groups -OCH3 is 3. The molecule has 5 nitrogen and oxygen atoms in total. The Morgan fingerprint density at radius 3 is 2.25 bits per heavy atom. The number of hydrogen-bond acceptors (Lipinski definition) is 4. The first-order valence-electron chi connectivity index (χ1n) is 7.16. The molecule has 0 aliphatic carbocycles. The smallest absolute Gasteiger partial charge is 0.171 e. The quantitative estimate of drug-likeness (QED) is 0.757. The van der Waals surface area contributed by atoms with Crippen LogP contribution in [0.5, 0.6) is 17.2 Å². The van der Waals surface area contributed by atoms with E-state index in [1.54, 1.807) is 33.5 Å². The van der Waals surface area contributed by atoms with E-state index < -0.39 is 0 Å². The average molecular weight is 367 g/mol. The van der Waals surface area contributed by atoms with E-state index >= 15 is 0 Å². The monoisotopic (exact) mass is 366 g/mol. The molecule has 7 heteroatoms. The Labute approximate surface area is 151 Å². The van der Waals surface area contributed by atoms with E-state index in [-0.39, 0.29) is 0 Å². The van der Waals surface area contributed by atoms with Gasteiger partial charge in [-0.25, -0.2) is 0 Å². The Morgan fingerprint density at radius 2 is 1.67 bits per heavy atom. The molecule has 0 fully saturated rings. The summed E-state index contributed by atoms with van der Waals surface area (Å²) in [5.41, 5.74) is 1.76. The van der Waals surface area contributed by atoms with Crippen molar-refractivity contribution in [2.75, 3.05) is 26.6 Å². The van der Waals surface area contributed by atoms with Crippen molar-refractivity contribution < 1.29 is 14.2 Å². The maximum atomic E-state index is 6.09. The minimum Gasteiger partial charge on any atom is -0.497 e. The van der Waals surface area contributed by atoms with E-state index in [0.29, 0.717) is 33.9 Å². The van der Waals surface area contributed by atoms with Crippen LogP contribution >= 0.6 is 23.8 Å². The zero-order valence-electron chi connectivity index (χ0n) is 13.7. The molecule has 24 heavy (non-hydrogen) atoms. The van der Waals surface area contributed by atoms with Gasteiger partial charge in [0.1, 0.15) is 17.2 Å². The number of nitrogens with one attached hydrogen (secondary N) is 2. The second-order valence-electron chi connectivity index (χ2n) is 4.84. The molecule has 0 atom stereocenters. The topological polar surface area (TPSA) is 51.8 Å². The van der Waals surface area contributed by atoms with Crippen molar-refractivity contribution in [3.8, 4) is 17.2 Å². The third-order valence-electron chi connectivity index (χ3n) is 3.33. The summed E-state index contributed by atoms with van der Waals surface area (Å²) in [4.78, 5) is 0. The van der Waals surface area contributed by atoms with Crippen LogP contribution in [-0.2, 0) is 6.54 Å². The third-order valence-corrected chi connectivity index (χ3v) is 3.88. The summed E-state index contributed by atoms with van der Waals surface area (Å²) < 4.78 is 15.7. The molecule has 128 valence electrons. The molecular weight excluding hydrogens is 348 g/mol. The molecule has 2 aromatic carbocycles. The standard InChI is InChI=1S/C17H19ClN2O3S/c1-21-12-6-4-11(5-7-12)10-19-17(24)20-14-9-15(22-2)13(18)8-16(14)23-3/h4-9H,10H2,1-3H3,(H2,19,20,24). The van der Waals surface area contributed by atoms with Gasteiger partial charge in [-0.3, -0.25) is 0 Å². The SMILES string of the molecule is COc1ccc(CNC(=S)Nc2cc(OC)c(Cl)cc2OC)cc1. The Kier molecular flexibility index (Phi) is 6.52. The lowest BCUT2D eigenvalue weighted by atomic mass is 10.2. The summed E-state index contributed by atoms with van der Waals surface area (Å²) in [7, 11) is 4.76. The zero-order chi connectivity index (χ0) is 17.5. The molecular formula is C17H19ClN2O3S. The highest BCUT2D eigenvalue weighted by Crippen LogP contribution is 2.35. The van der Waals surface area contributed by atoms with Gasteiger partial charge in [-0.2, -0.15) is 0 Å². The molecule has 0 saturated carbocycles. The van der Waals surface area contributed by atoms with Gasteiger partial charge in [0.05, 0.1) is 32.0 Å². The predicted molar refractivity (Wildman–Crippen MR) is 101 cm³/mol. The number of halogens is 1. The van der Waals surface area contributed by atoms with Gasteiger partial charge in [-0.15, -0.1) is 0 Å². The van der Waals surface area contributed by atoms with Crippen LogP contribution in [0.2, 0.25) is 5.02 Å². The third kappa shape index (κ3) is 4.66. The molecule has 0 saturated heterocycles. The van der Waals surface area contributed by atoms with Gasteiger partial charge in [-0.1, -0.05) is 23.7 Å². The van der Waals surface area contributed by atoms with Crippen LogP contribution in [0.1, 0.15) is 5.56 Å². The summed E-state index contributed by atoms with van der Waals surface area (Å²) in [6.45, 7) is 0.586. The van der Waals surface area contributed by atoms with Crippen molar-refractivity contribution in [2.45, 2.75) is 6.54 Å². The van der Waals surface area contributed by atoms with E-state index in [4.69, 9.17) is 38.0 Å². The second kappa shape index (κ2) is 8.61. The zero-order valence-corrected chi connectivity index (χ0v) is 15.3. The molecule has 0 aromatic heterocycles. The molecule has 0 aliphatic rings. The van der Waals surface area contributed by atoms with Gasteiger partial charge < -0.3 is 24.8 Å². The second-order valence-corrected chi connectivity index (χ2v) is 5.66. The fourth-order valence-corrected chi connectivity index (χ4v) is 2.46. The molecule has 0 radical (unpaired) electrons. The summed E-state index contributed by atoms with van der Waals surface area (Å²) in [6.07, 6.45) is 0. The minimum atomic E-state index is 0.466. The number of thiocarbonyl (C=S) groups is 1. The lowest BCUT2D eigenvalue weighted by Crippen LogP contribution is -2.28. The minimum absolute atomic E-state index is 0.466. The van der Waals surface area contributed by atoms with Gasteiger partial charge in [0.25, 0.3) is 0 Å². The number of ether oxygens (including phenoxy) is 3. The van der Waals surface area contributed by atoms with Crippen LogP contribution in [0.15, 0.2) is 36.4 Å². The molecule has 2 rings (SSSR count). The Hall–Kier alpha value is -2.18. The van der Waals surface area contributed by atoms with Gasteiger partial charge in [0.15, 0.2) is 5.11 Å². The highest BCUT2D eigenvalue weighted by Gasteiger charge is 2.11. The average Bonchev–Trinajstić information content (AvgIpc) is 2.61. The fraction of sp³-hybridized carbons (Fsp3) is 0.235. The van der Waals surface area contributed by atoms with Crippen molar-refractivity contribution in [3.63, 3.8) is 0 Å². The first-order valence-corrected chi connectivity index (χ1v) is 7.95. The number of anilines is 1. The van der Waals surface area contributed by atoms with Crippen molar-refractivity contribution in [1.82, 2.24) is 5.32 Å². The first-order chi connectivity index (χ1) is 11.6. The molecule has 0 aliphatic heterocycles. The van der Waals surface area contributed by atoms with E-state index in [2.05, 4.69) is 10.6 Å². The van der Waals surface area contributed by atoms with Gasteiger partial charge in [0, 0.05) is 18.7 Å². The lowest BCUT2D eigenvalue weighted by molar-refractivity contribution is 0.405. The summed E-state index contributed by atoms with van der Waals surface area (Å²) in [6, 6.07) is 11.2. The number of benzene rings is 2. The van der Waals surface area contributed by atoms with Crippen molar-refractivity contribution in [3.05, 3.63) is 47.0 Å². The van der Waals surface area contributed by atoms with Crippen LogP contribution in [0.4, 0.5) is 5.69 Å². The highest BCUT2D eigenvalue weighted by molar-refractivity contribution is 7.80. The number of hydrogen-bond donors (Lipinski definition) is 2. The van der Waals surface area contributed by atoms with Gasteiger partial charge in [0.2, 0.25) is 0 Å². The molecule has 0 spiro atoms. The van der Waals surface area contributed by atoms with E-state index in [9.17, 15) is 0 Å². The molecule has 2 N–H and O–H groups in total. The maximum absolute atomic E-state index is 6.09. The Bertz CT molecular complexity index is 708. The van der Waals surface area contributed by atoms with Crippen molar-refractivity contribution in [1.29, 1.82) is 0 Å². The van der Waals surface area contributed by atoms with E-state index in [1.807, 2.05) is 24.3 Å². The maximum Gasteiger partial charge on any atom is 0.171 e. The largest absolute Gasteiger partial charge is 0.497 e. The van der Waals surface area contributed by atoms with Gasteiger partial charge in [-0.05, 0) is 29.9 Å². The van der Waals surface area contributed by atoms with Crippen molar-refractivity contribution in [2.24, 2.45) is 0 Å². The lowest BCUT2D eigenvalue weighted by Gasteiger charge is -2.15. The normalized spacial score (nSPS) is 10.0. The fourth-order valence-electron chi connectivity index (χ4n) is 2.05. The summed E-state index contributed by atoms with van der Waals surface area (Å²) >= 11 is 11.4. The molecule has 0 heterocycles. The van der Waals surface area contributed by atoms with Gasteiger partial charge >= 0.3 is 0 Å². The first kappa shape index (κ1) is 18.2. The summed E-state index contributed by atoms with van der Waals surface area (Å²) in [5.74, 6) is 1.93. The van der Waals surface area contributed by atoms with Crippen LogP contribution < -0.4 is 24.8 Å². The number of rotatable bonds is 6. The van der Waals surface area contributed by atoms with Crippen LogP contribution in [-0.4, -0.2) is 26.4 Å². The van der Waals surface area contributed by atoms with Crippen LogP contribution in [0.3, 0.4) is 0 Å². The predicted octanol–water partition coefficient (Wildman–Crippen LogP) is 3.85. The molecule has 0 amide bonds. The molecule has 0 unspecified atom stereocenters. The molecule has 0 bridgehead atoms. The summed E-state index contributed by atoms with van der Waals surface area (Å²) in [5, 5.41) is 7.16. The molecule has 2 aromatic rings. The Balaban J connectivity index is 2.01. The van der Waals surface area contributed by atoms with E-state index in [0.717, 1.165) is 11.3 Å². The van der Waals surface area contributed by atoms with E-state index in [1.165, 1.54) is 0 Å². The van der Waals surface area contributed by atoms with Crippen LogP contribution in [0.25, 0.3) is 0 Å². The van der Waals surface area contributed by atoms with Crippen LogP contribution in [0, 0.1) is 0 Å². The van der Waals surface area contributed by atoms with Crippen molar-refractivity contribution >= 4 is 34.6 Å².